The predicted molar refractivity (Wildman–Crippen MR) is 90.2 cm³/mol. The first kappa shape index (κ1) is 16.6. The van der Waals surface area contributed by atoms with E-state index in [1.165, 1.54) is 10.5 Å². The van der Waals surface area contributed by atoms with Gasteiger partial charge in [-0.25, -0.2) is 4.90 Å². The van der Waals surface area contributed by atoms with Crippen LogP contribution < -0.4 is 10.6 Å². The Hall–Kier alpha value is -2.21. The zero-order valence-electron chi connectivity index (χ0n) is 13.9. The highest BCUT2D eigenvalue weighted by Gasteiger charge is 2.43. The summed E-state index contributed by atoms with van der Waals surface area (Å²) in [5, 5.41) is 0. The molecule has 1 unspecified atom stereocenters. The lowest BCUT2D eigenvalue weighted by Gasteiger charge is -2.33. The van der Waals surface area contributed by atoms with Crippen LogP contribution in [-0.2, 0) is 20.8 Å². The highest BCUT2D eigenvalue weighted by atomic mass is 16.2. The molecule has 6 nitrogen and oxygen atoms in total. The van der Waals surface area contributed by atoms with Crippen molar-refractivity contribution in [2.24, 2.45) is 11.7 Å². The Morgan fingerprint density at radius 2 is 1.79 bits per heavy atom. The number of amides is 3. The molecule has 0 bridgehead atoms. The number of aryl methyl sites for hydroxylation is 1. The van der Waals surface area contributed by atoms with Crippen molar-refractivity contribution in [3.05, 3.63) is 29.8 Å². The van der Waals surface area contributed by atoms with Crippen LogP contribution in [0.15, 0.2) is 24.3 Å². The average molecular weight is 329 g/mol. The number of nitrogens with two attached hydrogens (primary N) is 1. The highest BCUT2D eigenvalue weighted by Crippen LogP contribution is 2.28. The Morgan fingerprint density at radius 3 is 2.33 bits per heavy atom. The molecule has 2 fully saturated rings. The van der Waals surface area contributed by atoms with Gasteiger partial charge in [0.2, 0.25) is 11.8 Å². The van der Waals surface area contributed by atoms with Crippen molar-refractivity contribution < 1.29 is 14.4 Å². The Labute approximate surface area is 141 Å². The number of primary amides is 1. The number of carbonyl (C=O) groups excluding carboxylic acids is 3. The fraction of sp³-hybridized carbons (Fsp3) is 0.500. The monoisotopic (exact) mass is 329 g/mol. The molecular weight excluding hydrogens is 306 g/mol. The van der Waals surface area contributed by atoms with Crippen molar-refractivity contribution in [2.45, 2.75) is 38.6 Å². The lowest BCUT2D eigenvalue weighted by molar-refractivity contribution is -0.124. The van der Waals surface area contributed by atoms with Gasteiger partial charge in [-0.3, -0.25) is 19.3 Å². The number of piperidine rings is 1. The van der Waals surface area contributed by atoms with Gasteiger partial charge in [0.25, 0.3) is 5.91 Å². The molecule has 0 aromatic heterocycles. The van der Waals surface area contributed by atoms with E-state index < -0.39 is 6.04 Å². The molecule has 2 heterocycles. The lowest BCUT2D eigenvalue weighted by Crippen LogP contribution is -2.47. The molecule has 2 aliphatic rings. The summed E-state index contributed by atoms with van der Waals surface area (Å²) >= 11 is 0. The summed E-state index contributed by atoms with van der Waals surface area (Å²) in [6.45, 7) is 3.31. The Morgan fingerprint density at radius 1 is 1.17 bits per heavy atom. The van der Waals surface area contributed by atoms with Gasteiger partial charge in [0.15, 0.2) is 0 Å². The van der Waals surface area contributed by atoms with Crippen LogP contribution in [0.25, 0.3) is 0 Å². The van der Waals surface area contributed by atoms with Crippen molar-refractivity contribution in [1.29, 1.82) is 0 Å². The topological polar surface area (TPSA) is 83.7 Å². The van der Waals surface area contributed by atoms with E-state index in [-0.39, 0.29) is 30.1 Å². The third-order valence-corrected chi connectivity index (χ3v) is 5.10. The van der Waals surface area contributed by atoms with Gasteiger partial charge in [-0.05, 0) is 50.0 Å². The summed E-state index contributed by atoms with van der Waals surface area (Å²) < 4.78 is 0. The second kappa shape index (κ2) is 6.73. The number of carbonyl (C=O) groups is 3. The summed E-state index contributed by atoms with van der Waals surface area (Å²) in [5.74, 6) is -0.722. The minimum Gasteiger partial charge on any atom is -0.369 e. The van der Waals surface area contributed by atoms with Gasteiger partial charge in [0.1, 0.15) is 0 Å². The molecule has 3 rings (SSSR count). The van der Waals surface area contributed by atoms with Crippen LogP contribution >= 0.6 is 0 Å². The van der Waals surface area contributed by atoms with Crippen LogP contribution in [0, 0.1) is 5.92 Å². The first-order valence-corrected chi connectivity index (χ1v) is 8.50. The summed E-state index contributed by atoms with van der Waals surface area (Å²) in [6, 6.07) is 7.13. The average Bonchev–Trinajstić information content (AvgIpc) is 2.89. The largest absolute Gasteiger partial charge is 0.369 e. The molecule has 2 aliphatic heterocycles. The maximum absolute atomic E-state index is 12.8. The van der Waals surface area contributed by atoms with Gasteiger partial charge in [-0.15, -0.1) is 0 Å². The second-order valence-electron chi connectivity index (χ2n) is 6.52. The minimum absolute atomic E-state index is 0.119. The fourth-order valence-electron chi connectivity index (χ4n) is 3.55. The Balaban J connectivity index is 1.71. The molecule has 0 spiro atoms. The molecule has 1 aromatic carbocycles. The molecular formula is C18H23N3O3. The smallest absolute Gasteiger partial charge is 0.251 e. The molecule has 1 atom stereocenters. The van der Waals surface area contributed by atoms with E-state index in [4.69, 9.17) is 5.73 Å². The van der Waals surface area contributed by atoms with Crippen molar-refractivity contribution in [1.82, 2.24) is 4.90 Å². The maximum Gasteiger partial charge on any atom is 0.251 e. The van der Waals surface area contributed by atoms with Crippen molar-refractivity contribution in [3.8, 4) is 0 Å². The molecule has 2 N–H and O–H groups in total. The van der Waals surface area contributed by atoms with Crippen molar-refractivity contribution in [3.63, 3.8) is 0 Å². The van der Waals surface area contributed by atoms with Crippen LogP contribution in [0.4, 0.5) is 5.69 Å². The van der Waals surface area contributed by atoms with E-state index in [1.54, 1.807) is 0 Å². The number of anilines is 1. The van der Waals surface area contributed by atoms with Crippen LogP contribution in [0.3, 0.4) is 0 Å². The maximum atomic E-state index is 12.8. The molecule has 128 valence electrons. The third kappa shape index (κ3) is 3.06. The zero-order valence-corrected chi connectivity index (χ0v) is 13.9. The van der Waals surface area contributed by atoms with E-state index >= 15 is 0 Å². The van der Waals surface area contributed by atoms with Gasteiger partial charge in [-0.1, -0.05) is 19.1 Å². The Bertz CT molecular complexity index is 648. The molecule has 3 amide bonds. The van der Waals surface area contributed by atoms with Crippen LogP contribution in [-0.4, -0.2) is 41.8 Å². The van der Waals surface area contributed by atoms with E-state index in [2.05, 4.69) is 6.92 Å². The molecule has 0 radical (unpaired) electrons. The molecule has 6 heteroatoms. The van der Waals surface area contributed by atoms with Gasteiger partial charge < -0.3 is 5.73 Å². The zero-order chi connectivity index (χ0) is 17.3. The van der Waals surface area contributed by atoms with Crippen molar-refractivity contribution >= 4 is 23.4 Å². The van der Waals surface area contributed by atoms with Crippen molar-refractivity contribution in [2.75, 3.05) is 18.0 Å². The number of hydrogen-bond donors (Lipinski definition) is 1. The van der Waals surface area contributed by atoms with E-state index in [1.807, 2.05) is 29.2 Å². The van der Waals surface area contributed by atoms with Crippen LogP contribution in [0.2, 0.25) is 0 Å². The molecule has 0 saturated carbocycles. The predicted octanol–water partition coefficient (Wildman–Crippen LogP) is 1.08. The van der Waals surface area contributed by atoms with Gasteiger partial charge >= 0.3 is 0 Å². The lowest BCUT2D eigenvalue weighted by atomic mass is 9.95. The third-order valence-electron chi connectivity index (χ3n) is 5.10. The first-order chi connectivity index (χ1) is 11.5. The van der Waals surface area contributed by atoms with E-state index in [0.29, 0.717) is 31.6 Å². The second-order valence-corrected chi connectivity index (χ2v) is 6.52. The van der Waals surface area contributed by atoms with E-state index in [0.717, 1.165) is 6.42 Å². The number of likely N-dealkylation sites (tertiary alicyclic amines) is 1. The fourth-order valence-corrected chi connectivity index (χ4v) is 3.55. The summed E-state index contributed by atoms with van der Waals surface area (Å²) in [6.07, 6.45) is 2.42. The quantitative estimate of drug-likeness (QED) is 0.838. The number of hydrogen-bond acceptors (Lipinski definition) is 4. The number of imide groups is 1. The number of benzene rings is 1. The molecule has 0 aliphatic carbocycles. The molecule has 2 saturated heterocycles. The SMILES string of the molecule is CCc1ccc(N2C(=O)CC(N3CCC(C(N)=O)CC3)C2=O)cc1. The first-order valence-electron chi connectivity index (χ1n) is 8.50. The van der Waals surface area contributed by atoms with Gasteiger partial charge in [0.05, 0.1) is 18.2 Å². The summed E-state index contributed by atoms with van der Waals surface area (Å²) in [4.78, 5) is 39.7. The standard InChI is InChI=1S/C18H23N3O3/c1-2-12-3-5-14(6-4-12)21-16(22)11-15(18(21)24)20-9-7-13(8-10-20)17(19)23/h3-6,13,15H,2,7-11H2,1H3,(H2,19,23). The number of nitrogens with zero attached hydrogens (tertiary/aromatic N) is 2. The number of rotatable bonds is 4. The minimum atomic E-state index is -0.419. The Kier molecular flexibility index (Phi) is 4.66. The molecule has 1 aromatic rings. The highest BCUT2D eigenvalue weighted by molar-refractivity contribution is 6.22. The van der Waals surface area contributed by atoms with E-state index in [9.17, 15) is 14.4 Å². The van der Waals surface area contributed by atoms with Gasteiger partial charge in [-0.2, -0.15) is 0 Å². The molecule has 24 heavy (non-hydrogen) atoms. The van der Waals surface area contributed by atoms with Gasteiger partial charge in [0, 0.05) is 5.92 Å². The van der Waals surface area contributed by atoms with Crippen LogP contribution in [0.5, 0.6) is 0 Å². The summed E-state index contributed by atoms with van der Waals surface area (Å²) in [7, 11) is 0. The van der Waals surface area contributed by atoms with Crippen LogP contribution in [0.1, 0.15) is 31.7 Å². The summed E-state index contributed by atoms with van der Waals surface area (Å²) in [5.41, 5.74) is 7.16. The normalized spacial score (nSPS) is 23.0.